The minimum Gasteiger partial charge on any atom is -0.456 e. The molecule has 0 aliphatic carbocycles. The van der Waals surface area contributed by atoms with Gasteiger partial charge in [0.15, 0.2) is 0 Å². The summed E-state index contributed by atoms with van der Waals surface area (Å²) in [6, 6.07) is 30.9. The van der Waals surface area contributed by atoms with Crippen molar-refractivity contribution in [1.29, 1.82) is 0 Å². The summed E-state index contributed by atoms with van der Waals surface area (Å²) in [5.74, 6) is 0. The van der Waals surface area contributed by atoms with Gasteiger partial charge in [-0.15, -0.1) is 0 Å². The third kappa shape index (κ3) is 3.18. The molecule has 7 aromatic rings. The first-order valence-corrected chi connectivity index (χ1v) is 13.0. The van der Waals surface area contributed by atoms with Gasteiger partial charge in [-0.05, 0) is 97.5 Å². The van der Waals surface area contributed by atoms with Crippen LogP contribution >= 0.6 is 0 Å². The van der Waals surface area contributed by atoms with Gasteiger partial charge in [-0.2, -0.15) is 0 Å². The smallest absolute Gasteiger partial charge is 0.200 e. The first kappa shape index (κ1) is 22.6. The third-order valence-corrected chi connectivity index (χ3v) is 8.18. The van der Waals surface area contributed by atoms with E-state index in [1.54, 1.807) is 0 Å². The van der Waals surface area contributed by atoms with E-state index >= 15 is 0 Å². The average molecular weight is 494 g/mol. The van der Waals surface area contributed by atoms with Crippen LogP contribution in [-0.4, -0.2) is 4.57 Å². The molecule has 5 aromatic carbocycles. The van der Waals surface area contributed by atoms with Crippen LogP contribution < -0.4 is 5.43 Å². The lowest BCUT2D eigenvalue weighted by Crippen LogP contribution is -2.02. The zero-order valence-corrected chi connectivity index (χ0v) is 21.9. The Kier molecular flexibility index (Phi) is 4.86. The van der Waals surface area contributed by atoms with Crippen LogP contribution in [0.2, 0.25) is 0 Å². The van der Waals surface area contributed by atoms with Crippen LogP contribution in [0.15, 0.2) is 100 Å². The van der Waals surface area contributed by atoms with Crippen molar-refractivity contribution in [3.8, 4) is 16.8 Å². The number of fused-ring (bicyclic) bond motifs is 5. The average Bonchev–Trinajstić information content (AvgIpc) is 3.28. The summed E-state index contributed by atoms with van der Waals surface area (Å²) in [5.41, 5.74) is 12.1. The van der Waals surface area contributed by atoms with Gasteiger partial charge >= 0.3 is 0 Å². The van der Waals surface area contributed by atoms with Crippen molar-refractivity contribution >= 4 is 43.7 Å². The number of benzene rings is 5. The minimum absolute atomic E-state index is 0.00212. The van der Waals surface area contributed by atoms with Gasteiger partial charge in [0.25, 0.3) is 0 Å². The first-order chi connectivity index (χ1) is 18.4. The molecule has 3 heteroatoms. The van der Waals surface area contributed by atoms with Crippen LogP contribution in [0.5, 0.6) is 0 Å². The Hall–Kier alpha value is -4.63. The van der Waals surface area contributed by atoms with E-state index in [0.29, 0.717) is 21.9 Å². The Morgan fingerprint density at radius 1 is 0.553 bits per heavy atom. The van der Waals surface area contributed by atoms with Gasteiger partial charge in [0.1, 0.15) is 11.2 Å². The van der Waals surface area contributed by atoms with Crippen LogP contribution in [0, 0.1) is 27.7 Å². The van der Waals surface area contributed by atoms with Crippen LogP contribution in [0.4, 0.5) is 0 Å². The number of para-hydroxylation sites is 1. The van der Waals surface area contributed by atoms with E-state index in [4.69, 9.17) is 4.42 Å². The fourth-order valence-electron chi connectivity index (χ4n) is 5.77. The Balaban J connectivity index is 1.42. The number of hydrogen-bond donors (Lipinski definition) is 0. The van der Waals surface area contributed by atoms with Crippen LogP contribution in [0.1, 0.15) is 22.3 Å². The van der Waals surface area contributed by atoms with Gasteiger partial charge in [0, 0.05) is 16.5 Å². The Morgan fingerprint density at radius 3 is 1.79 bits per heavy atom. The van der Waals surface area contributed by atoms with Gasteiger partial charge in [0.05, 0.1) is 21.8 Å². The van der Waals surface area contributed by atoms with Crippen molar-refractivity contribution in [1.82, 2.24) is 4.57 Å². The molecule has 0 bridgehead atoms. The van der Waals surface area contributed by atoms with E-state index in [2.05, 4.69) is 80.8 Å². The number of aromatic nitrogens is 1. The second kappa shape index (κ2) is 8.19. The summed E-state index contributed by atoms with van der Waals surface area (Å²) < 4.78 is 8.42. The van der Waals surface area contributed by atoms with E-state index in [9.17, 15) is 4.79 Å². The third-order valence-electron chi connectivity index (χ3n) is 8.18. The Morgan fingerprint density at radius 2 is 1.13 bits per heavy atom. The van der Waals surface area contributed by atoms with E-state index in [0.717, 1.165) is 16.8 Å². The summed E-state index contributed by atoms with van der Waals surface area (Å²) in [6.45, 7) is 8.79. The summed E-state index contributed by atoms with van der Waals surface area (Å²) in [7, 11) is 0. The summed E-state index contributed by atoms with van der Waals surface area (Å²) in [4.78, 5) is 13.2. The molecule has 0 fully saturated rings. The highest BCUT2D eigenvalue weighted by atomic mass is 16.3. The zero-order valence-electron chi connectivity index (χ0n) is 21.9. The van der Waals surface area contributed by atoms with Gasteiger partial charge in [-0.3, -0.25) is 4.79 Å². The van der Waals surface area contributed by atoms with Crippen LogP contribution in [0.3, 0.4) is 0 Å². The quantitative estimate of drug-likeness (QED) is 0.225. The van der Waals surface area contributed by atoms with Crippen molar-refractivity contribution in [3.63, 3.8) is 0 Å². The first-order valence-electron chi connectivity index (χ1n) is 13.0. The molecule has 0 N–H and O–H groups in total. The molecule has 0 aliphatic rings. The van der Waals surface area contributed by atoms with Gasteiger partial charge in [0.2, 0.25) is 5.43 Å². The predicted octanol–water partition coefficient (Wildman–Crippen LogP) is 8.94. The van der Waals surface area contributed by atoms with E-state index < -0.39 is 0 Å². The fraction of sp³-hybridized carbons (Fsp3) is 0.114. The highest BCUT2D eigenvalue weighted by molar-refractivity contribution is 6.11. The molecule has 3 nitrogen and oxygen atoms in total. The Labute approximate surface area is 220 Å². The lowest BCUT2D eigenvalue weighted by Gasteiger charge is -2.14. The maximum Gasteiger partial charge on any atom is 0.200 e. The molecular formula is C35H27NO2. The number of nitrogens with zero attached hydrogens (tertiary/aromatic N) is 1. The van der Waals surface area contributed by atoms with Gasteiger partial charge in [-0.25, -0.2) is 0 Å². The predicted molar refractivity (Wildman–Crippen MR) is 159 cm³/mol. The topological polar surface area (TPSA) is 35.1 Å². The summed E-state index contributed by atoms with van der Waals surface area (Å²) in [5, 5.41) is 3.77. The molecule has 2 aromatic heterocycles. The monoisotopic (exact) mass is 493 g/mol. The van der Waals surface area contributed by atoms with Gasteiger partial charge < -0.3 is 8.98 Å². The molecule has 0 saturated carbocycles. The number of aryl methyl sites for hydroxylation is 4. The maximum absolute atomic E-state index is 13.2. The molecule has 0 atom stereocenters. The molecular weight excluding hydrogens is 466 g/mol. The molecule has 0 saturated heterocycles. The van der Waals surface area contributed by atoms with E-state index in [-0.39, 0.29) is 5.43 Å². The molecule has 2 heterocycles. The molecule has 0 amide bonds. The SMILES string of the molecule is Cc1ccc2c3ccc(C)c(C)c3n(-c3ccc(-c4ccc5oc6ccccc6c(=O)c5c4)cc3)c2c1C. The minimum atomic E-state index is 0.00212. The van der Waals surface area contributed by atoms with Crippen molar-refractivity contribution < 1.29 is 4.42 Å². The molecule has 0 radical (unpaired) electrons. The second-order valence-corrected chi connectivity index (χ2v) is 10.3. The van der Waals surface area contributed by atoms with E-state index in [1.807, 2.05) is 42.5 Å². The largest absolute Gasteiger partial charge is 0.456 e. The second-order valence-electron chi connectivity index (χ2n) is 10.3. The highest BCUT2D eigenvalue weighted by Gasteiger charge is 2.18. The molecule has 7 rings (SSSR count). The normalized spacial score (nSPS) is 11.8. The van der Waals surface area contributed by atoms with Crippen LogP contribution in [0.25, 0.3) is 60.6 Å². The molecule has 0 unspecified atom stereocenters. The molecule has 38 heavy (non-hydrogen) atoms. The van der Waals surface area contributed by atoms with Crippen molar-refractivity contribution in [3.05, 3.63) is 123 Å². The number of rotatable bonds is 2. The van der Waals surface area contributed by atoms with Crippen molar-refractivity contribution in [2.24, 2.45) is 0 Å². The summed E-state index contributed by atoms with van der Waals surface area (Å²) in [6.07, 6.45) is 0. The Bertz CT molecular complexity index is 2060. The zero-order chi connectivity index (χ0) is 26.1. The maximum atomic E-state index is 13.2. The molecule has 184 valence electrons. The van der Waals surface area contributed by atoms with E-state index in [1.165, 1.54) is 44.1 Å². The standard InChI is InChI=1S/C35H27NO2/c1-20-9-16-27-28-17-10-21(2)23(4)34(28)36(33(27)22(20)3)26-14-11-24(12-15-26)25-13-18-32-30(19-25)35(37)29-7-5-6-8-31(29)38-32/h5-19H,1-4H3. The molecule has 0 aliphatic heterocycles. The molecule has 0 spiro atoms. The fourth-order valence-corrected chi connectivity index (χ4v) is 5.77. The van der Waals surface area contributed by atoms with Crippen molar-refractivity contribution in [2.75, 3.05) is 0 Å². The van der Waals surface area contributed by atoms with Crippen LogP contribution in [-0.2, 0) is 0 Å². The lowest BCUT2D eigenvalue weighted by molar-refractivity contribution is 0.660. The number of hydrogen-bond acceptors (Lipinski definition) is 2. The highest BCUT2D eigenvalue weighted by Crippen LogP contribution is 2.38. The summed E-state index contributed by atoms with van der Waals surface area (Å²) >= 11 is 0. The van der Waals surface area contributed by atoms with Gasteiger partial charge in [-0.1, -0.05) is 54.6 Å². The van der Waals surface area contributed by atoms with Crippen molar-refractivity contribution in [2.45, 2.75) is 27.7 Å². The lowest BCUT2D eigenvalue weighted by atomic mass is 10.0.